The van der Waals surface area contributed by atoms with Crippen LogP contribution in [-0.4, -0.2) is 32.2 Å². The molecule has 0 saturated heterocycles. The van der Waals surface area contributed by atoms with E-state index in [2.05, 4.69) is 32.7 Å². The lowest BCUT2D eigenvalue weighted by Crippen LogP contribution is -2.29. The van der Waals surface area contributed by atoms with E-state index in [-0.39, 0.29) is 18.0 Å². The minimum Gasteiger partial charge on any atom is -0.393 e. The molecule has 3 N–H and O–H groups in total. The molecule has 32 heavy (non-hydrogen) atoms. The summed E-state index contributed by atoms with van der Waals surface area (Å²) in [7, 11) is 0. The Bertz CT molecular complexity index is 1210. The van der Waals surface area contributed by atoms with Crippen molar-refractivity contribution in [3.8, 4) is 0 Å². The summed E-state index contributed by atoms with van der Waals surface area (Å²) in [5.41, 5.74) is 2.39. The Morgan fingerprint density at radius 3 is 2.56 bits per heavy atom. The van der Waals surface area contributed by atoms with Gasteiger partial charge in [-0.1, -0.05) is 47.7 Å². The molecule has 2 heterocycles. The second kappa shape index (κ2) is 9.18. The number of halogens is 1. The standard InChI is InChI=1S/C24H24FN5OS/c25-19-7-4-8-20-22(19)30-24(32-20)29-21-14-17(13-15-5-2-1-3-6-15)27-23(28-21)26-16-9-11-18(31)12-10-16/h1-8,14,16,18,31H,9-13H2,(H2,26,27,28,29,30)/t16-,18-. The minimum absolute atomic E-state index is 0.213. The van der Waals surface area contributed by atoms with Crippen LogP contribution in [0.4, 0.5) is 21.3 Å². The van der Waals surface area contributed by atoms with Crippen LogP contribution in [0.25, 0.3) is 10.2 Å². The third-order valence-electron chi connectivity index (χ3n) is 5.64. The zero-order valence-corrected chi connectivity index (χ0v) is 18.3. The van der Waals surface area contributed by atoms with Crippen molar-refractivity contribution >= 4 is 38.5 Å². The Balaban J connectivity index is 1.42. The molecule has 1 fully saturated rings. The van der Waals surface area contributed by atoms with Crippen LogP contribution in [0, 0.1) is 5.82 Å². The van der Waals surface area contributed by atoms with Gasteiger partial charge in [0.15, 0.2) is 5.13 Å². The van der Waals surface area contributed by atoms with Gasteiger partial charge >= 0.3 is 0 Å². The average molecular weight is 450 g/mol. The van der Waals surface area contributed by atoms with Crippen molar-refractivity contribution in [1.82, 2.24) is 15.0 Å². The largest absolute Gasteiger partial charge is 0.393 e. The van der Waals surface area contributed by atoms with Crippen molar-refractivity contribution in [3.63, 3.8) is 0 Å². The van der Waals surface area contributed by atoms with Crippen molar-refractivity contribution in [2.75, 3.05) is 10.6 Å². The molecular formula is C24H24FN5OS. The van der Waals surface area contributed by atoms with Gasteiger partial charge in [0, 0.05) is 18.5 Å². The zero-order chi connectivity index (χ0) is 21.9. The van der Waals surface area contributed by atoms with Crippen molar-refractivity contribution < 1.29 is 9.50 Å². The quantitative estimate of drug-likeness (QED) is 0.372. The van der Waals surface area contributed by atoms with Gasteiger partial charge in [-0.25, -0.2) is 14.4 Å². The number of para-hydroxylation sites is 1. The smallest absolute Gasteiger partial charge is 0.225 e. The molecule has 2 aromatic heterocycles. The monoisotopic (exact) mass is 449 g/mol. The molecule has 0 radical (unpaired) electrons. The molecule has 1 aliphatic carbocycles. The van der Waals surface area contributed by atoms with Gasteiger partial charge in [0.2, 0.25) is 5.95 Å². The highest BCUT2D eigenvalue weighted by atomic mass is 32.1. The highest BCUT2D eigenvalue weighted by molar-refractivity contribution is 7.22. The van der Waals surface area contributed by atoms with E-state index in [0.29, 0.717) is 28.8 Å². The van der Waals surface area contributed by atoms with Crippen LogP contribution in [0.2, 0.25) is 0 Å². The molecule has 8 heteroatoms. The summed E-state index contributed by atoms with van der Waals surface area (Å²) in [6, 6.07) is 17.3. The van der Waals surface area contributed by atoms with Gasteiger partial charge in [0.05, 0.1) is 16.5 Å². The third kappa shape index (κ3) is 4.87. The van der Waals surface area contributed by atoms with Crippen LogP contribution in [0.1, 0.15) is 36.9 Å². The van der Waals surface area contributed by atoms with Crippen LogP contribution in [0.15, 0.2) is 54.6 Å². The van der Waals surface area contributed by atoms with Crippen molar-refractivity contribution in [3.05, 3.63) is 71.7 Å². The summed E-state index contributed by atoms with van der Waals surface area (Å²) in [6.45, 7) is 0. The summed E-state index contributed by atoms with van der Waals surface area (Å²) in [4.78, 5) is 13.8. The number of benzene rings is 2. The van der Waals surface area contributed by atoms with Gasteiger partial charge in [-0.15, -0.1) is 0 Å². The second-order valence-corrected chi connectivity index (χ2v) is 9.14. The van der Waals surface area contributed by atoms with Crippen LogP contribution in [0.5, 0.6) is 0 Å². The maximum Gasteiger partial charge on any atom is 0.225 e. The van der Waals surface area contributed by atoms with Crippen molar-refractivity contribution in [2.24, 2.45) is 0 Å². The van der Waals surface area contributed by atoms with Gasteiger partial charge in [0.1, 0.15) is 17.2 Å². The number of aliphatic hydroxyl groups excluding tert-OH is 1. The number of fused-ring (bicyclic) bond motifs is 1. The number of aliphatic hydroxyl groups is 1. The van der Waals surface area contributed by atoms with E-state index in [9.17, 15) is 9.50 Å². The predicted octanol–water partition coefficient (Wildman–Crippen LogP) is 5.28. The highest BCUT2D eigenvalue weighted by Crippen LogP contribution is 2.30. The zero-order valence-electron chi connectivity index (χ0n) is 17.5. The molecule has 5 rings (SSSR count). The van der Waals surface area contributed by atoms with Gasteiger partial charge in [-0.2, -0.15) is 4.98 Å². The van der Waals surface area contributed by atoms with E-state index < -0.39 is 0 Å². The fraction of sp³-hybridized carbons (Fsp3) is 0.292. The first-order chi connectivity index (χ1) is 15.6. The molecule has 0 bridgehead atoms. The third-order valence-corrected chi connectivity index (χ3v) is 6.58. The average Bonchev–Trinajstić information content (AvgIpc) is 3.20. The number of thiazole rings is 1. The van der Waals surface area contributed by atoms with Gasteiger partial charge in [-0.3, -0.25) is 0 Å². The lowest BCUT2D eigenvalue weighted by Gasteiger charge is -2.26. The molecule has 0 atom stereocenters. The van der Waals surface area contributed by atoms with Crippen LogP contribution in [0.3, 0.4) is 0 Å². The molecule has 1 saturated carbocycles. The molecule has 0 aliphatic heterocycles. The highest BCUT2D eigenvalue weighted by Gasteiger charge is 2.20. The predicted molar refractivity (Wildman–Crippen MR) is 126 cm³/mol. The van der Waals surface area contributed by atoms with Gasteiger partial charge < -0.3 is 15.7 Å². The molecule has 0 amide bonds. The van der Waals surface area contributed by atoms with E-state index in [1.807, 2.05) is 30.3 Å². The Morgan fingerprint density at radius 2 is 1.78 bits per heavy atom. The van der Waals surface area contributed by atoms with Gasteiger partial charge in [-0.05, 0) is 43.4 Å². The molecule has 4 aromatic rings. The number of rotatable bonds is 6. The summed E-state index contributed by atoms with van der Waals surface area (Å²) in [5, 5.41) is 17.1. The second-order valence-electron chi connectivity index (χ2n) is 8.11. The summed E-state index contributed by atoms with van der Waals surface area (Å²) < 4.78 is 14.8. The number of hydrogen-bond acceptors (Lipinski definition) is 7. The van der Waals surface area contributed by atoms with Crippen LogP contribution >= 0.6 is 11.3 Å². The van der Waals surface area contributed by atoms with E-state index in [1.165, 1.54) is 17.4 Å². The number of anilines is 3. The number of hydrogen-bond donors (Lipinski definition) is 3. The van der Waals surface area contributed by atoms with E-state index >= 15 is 0 Å². The summed E-state index contributed by atoms with van der Waals surface area (Å²) >= 11 is 1.39. The maximum absolute atomic E-state index is 14.1. The molecule has 6 nitrogen and oxygen atoms in total. The number of aromatic nitrogens is 3. The van der Waals surface area contributed by atoms with Crippen molar-refractivity contribution in [1.29, 1.82) is 0 Å². The molecule has 0 unspecified atom stereocenters. The number of nitrogens with zero attached hydrogens (tertiary/aromatic N) is 3. The summed E-state index contributed by atoms with van der Waals surface area (Å²) in [5.74, 6) is 0.833. The van der Waals surface area contributed by atoms with Crippen molar-refractivity contribution in [2.45, 2.75) is 44.2 Å². The van der Waals surface area contributed by atoms with Crippen LogP contribution in [-0.2, 0) is 6.42 Å². The first kappa shape index (κ1) is 20.8. The van der Waals surface area contributed by atoms with E-state index in [1.54, 1.807) is 6.07 Å². The maximum atomic E-state index is 14.1. The normalized spacial score (nSPS) is 18.6. The molecule has 0 spiro atoms. The molecule has 164 valence electrons. The lowest BCUT2D eigenvalue weighted by atomic mass is 9.93. The minimum atomic E-state index is -0.332. The Hall–Kier alpha value is -3.10. The van der Waals surface area contributed by atoms with E-state index in [4.69, 9.17) is 4.98 Å². The molecule has 1 aliphatic rings. The lowest BCUT2D eigenvalue weighted by molar-refractivity contribution is 0.126. The van der Waals surface area contributed by atoms with E-state index in [0.717, 1.165) is 41.6 Å². The first-order valence-corrected chi connectivity index (χ1v) is 11.6. The number of nitrogens with one attached hydrogen (secondary N) is 2. The Kier molecular flexibility index (Phi) is 5.96. The van der Waals surface area contributed by atoms with Crippen LogP contribution < -0.4 is 10.6 Å². The van der Waals surface area contributed by atoms with Gasteiger partial charge in [0.25, 0.3) is 0 Å². The SMILES string of the molecule is O[C@H]1CC[C@H](Nc2nc(Cc3ccccc3)cc(Nc3nc4c(F)cccc4s3)n2)CC1. The Labute approximate surface area is 189 Å². The fourth-order valence-electron chi connectivity index (χ4n) is 4.00. The summed E-state index contributed by atoms with van der Waals surface area (Å²) in [6.07, 6.45) is 3.79. The fourth-order valence-corrected chi connectivity index (χ4v) is 4.89. The molecular weight excluding hydrogens is 425 g/mol. The topological polar surface area (TPSA) is 83.0 Å². The Morgan fingerprint density at radius 1 is 0.969 bits per heavy atom. The first-order valence-electron chi connectivity index (χ1n) is 10.8. The molecule has 2 aromatic carbocycles.